The number of benzene rings is 2. The summed E-state index contributed by atoms with van der Waals surface area (Å²) in [5.74, 6) is -0.735. The van der Waals surface area contributed by atoms with Gasteiger partial charge in [0.2, 0.25) is 0 Å². The highest BCUT2D eigenvalue weighted by Crippen LogP contribution is 2.35. The molecule has 0 spiro atoms. The molecule has 0 atom stereocenters. The average molecular weight is 344 g/mol. The maximum atomic E-state index is 13.4. The smallest absolute Gasteiger partial charge is 0.268 e. The summed E-state index contributed by atoms with van der Waals surface area (Å²) in [6.07, 6.45) is 0. The zero-order valence-electron chi connectivity index (χ0n) is 13.8. The van der Waals surface area contributed by atoms with Crippen molar-refractivity contribution in [1.82, 2.24) is 0 Å². The number of carbonyl (C=O) groups is 2. The van der Waals surface area contributed by atoms with E-state index in [4.69, 9.17) is 9.47 Å². The lowest BCUT2D eigenvalue weighted by atomic mass is 10.1. The lowest BCUT2D eigenvalue weighted by Crippen LogP contribution is -2.45. The molecule has 25 heavy (non-hydrogen) atoms. The van der Waals surface area contributed by atoms with Crippen molar-refractivity contribution in [3.05, 3.63) is 48.3 Å². The van der Waals surface area contributed by atoms with Crippen LogP contribution in [0.25, 0.3) is 0 Å². The van der Waals surface area contributed by atoms with E-state index in [2.05, 4.69) is 10.6 Å². The van der Waals surface area contributed by atoms with Crippen LogP contribution >= 0.6 is 0 Å². The van der Waals surface area contributed by atoms with Gasteiger partial charge in [0.15, 0.2) is 23.8 Å². The lowest BCUT2D eigenvalue weighted by Gasteiger charge is -2.31. The molecule has 0 radical (unpaired) electrons. The van der Waals surface area contributed by atoms with E-state index >= 15 is 0 Å². The van der Waals surface area contributed by atoms with Gasteiger partial charge in [0.05, 0.1) is 5.69 Å². The van der Waals surface area contributed by atoms with Gasteiger partial charge in [-0.1, -0.05) is 12.1 Å². The lowest BCUT2D eigenvalue weighted by molar-refractivity contribution is -0.129. The number of amides is 2. The maximum absolute atomic E-state index is 13.4. The monoisotopic (exact) mass is 344 g/mol. The minimum absolute atomic E-state index is 0.00554. The molecule has 2 N–H and O–H groups in total. The van der Waals surface area contributed by atoms with Gasteiger partial charge in [0, 0.05) is 5.69 Å². The Bertz CT molecular complexity index is 836. The summed E-state index contributed by atoms with van der Waals surface area (Å²) in [4.78, 5) is 23.9. The summed E-state index contributed by atoms with van der Waals surface area (Å²) in [7, 11) is 0. The highest BCUT2D eigenvalue weighted by molar-refractivity contribution is 6.01. The first kappa shape index (κ1) is 16.8. The van der Waals surface area contributed by atoms with E-state index in [0.29, 0.717) is 17.1 Å². The Hall–Kier alpha value is -3.09. The van der Waals surface area contributed by atoms with Crippen LogP contribution in [0.15, 0.2) is 42.5 Å². The molecule has 0 unspecified atom stereocenters. The van der Waals surface area contributed by atoms with Gasteiger partial charge >= 0.3 is 0 Å². The van der Waals surface area contributed by atoms with E-state index in [0.717, 1.165) is 0 Å². The standard InChI is InChI=1S/C18H17FN2O4/c1-18(2)17(23)21-13-9-11(7-8-15(13)25-18)20-16(22)10-24-14-6-4-3-5-12(14)19/h3-9H,10H2,1-2H3,(H,20,22)(H,21,23). The molecule has 0 aliphatic carbocycles. The van der Waals surface area contributed by atoms with Gasteiger partial charge < -0.3 is 20.1 Å². The van der Waals surface area contributed by atoms with E-state index in [1.165, 1.54) is 18.2 Å². The van der Waals surface area contributed by atoms with Crippen LogP contribution in [0.1, 0.15) is 13.8 Å². The second kappa shape index (κ2) is 6.43. The fourth-order valence-electron chi connectivity index (χ4n) is 2.29. The molecule has 6 nitrogen and oxygen atoms in total. The van der Waals surface area contributed by atoms with Gasteiger partial charge in [-0.15, -0.1) is 0 Å². The molecule has 2 aromatic rings. The molecule has 2 aromatic carbocycles. The zero-order chi connectivity index (χ0) is 18.0. The molecular weight excluding hydrogens is 327 g/mol. The Balaban J connectivity index is 1.64. The molecule has 1 heterocycles. The van der Waals surface area contributed by atoms with Crippen LogP contribution in [0.4, 0.5) is 15.8 Å². The second-order valence-electron chi connectivity index (χ2n) is 6.04. The third-order valence-corrected chi connectivity index (χ3v) is 3.62. The Morgan fingerprint density at radius 2 is 2.04 bits per heavy atom. The van der Waals surface area contributed by atoms with Crippen molar-refractivity contribution in [2.45, 2.75) is 19.4 Å². The van der Waals surface area contributed by atoms with Crippen LogP contribution in [-0.4, -0.2) is 24.0 Å². The Morgan fingerprint density at radius 1 is 1.28 bits per heavy atom. The summed E-state index contributed by atoms with van der Waals surface area (Å²) in [5, 5.41) is 5.36. The van der Waals surface area contributed by atoms with Crippen molar-refractivity contribution in [2.24, 2.45) is 0 Å². The van der Waals surface area contributed by atoms with E-state index in [1.807, 2.05) is 0 Å². The molecule has 7 heteroatoms. The molecule has 1 aliphatic heterocycles. The van der Waals surface area contributed by atoms with Gasteiger partial charge in [-0.25, -0.2) is 4.39 Å². The van der Waals surface area contributed by atoms with Gasteiger partial charge in [0.25, 0.3) is 11.8 Å². The van der Waals surface area contributed by atoms with Crippen LogP contribution in [0.3, 0.4) is 0 Å². The van der Waals surface area contributed by atoms with Crippen molar-refractivity contribution in [3.8, 4) is 11.5 Å². The number of carbonyl (C=O) groups excluding carboxylic acids is 2. The third kappa shape index (κ3) is 3.71. The minimum atomic E-state index is -0.953. The van der Waals surface area contributed by atoms with Crippen molar-refractivity contribution < 1.29 is 23.5 Å². The van der Waals surface area contributed by atoms with Crippen LogP contribution in [0.5, 0.6) is 11.5 Å². The van der Waals surface area contributed by atoms with Crippen LogP contribution in [0.2, 0.25) is 0 Å². The molecule has 2 amide bonds. The van der Waals surface area contributed by atoms with E-state index in [-0.39, 0.29) is 18.3 Å². The predicted octanol–water partition coefficient (Wildman–Crippen LogP) is 2.95. The SMILES string of the molecule is CC1(C)Oc2ccc(NC(=O)COc3ccccc3F)cc2NC1=O. The van der Waals surface area contributed by atoms with Crippen molar-refractivity contribution >= 4 is 23.2 Å². The number of hydrogen-bond donors (Lipinski definition) is 2. The van der Waals surface area contributed by atoms with Crippen molar-refractivity contribution in [3.63, 3.8) is 0 Å². The molecule has 1 aliphatic rings. The Kier molecular flexibility index (Phi) is 4.31. The zero-order valence-corrected chi connectivity index (χ0v) is 13.8. The summed E-state index contributed by atoms with van der Waals surface area (Å²) in [6.45, 7) is 3.00. The molecule has 130 valence electrons. The quantitative estimate of drug-likeness (QED) is 0.894. The fraction of sp³-hybridized carbons (Fsp3) is 0.222. The summed E-state index contributed by atoms with van der Waals surface area (Å²) in [6, 6.07) is 10.7. The average Bonchev–Trinajstić information content (AvgIpc) is 2.55. The van der Waals surface area contributed by atoms with Crippen LogP contribution in [0, 0.1) is 5.82 Å². The van der Waals surface area contributed by atoms with Crippen molar-refractivity contribution in [2.75, 3.05) is 17.2 Å². The number of halogens is 1. The first-order chi connectivity index (χ1) is 11.8. The number of fused-ring (bicyclic) bond motifs is 1. The number of hydrogen-bond acceptors (Lipinski definition) is 4. The molecule has 3 rings (SSSR count). The van der Waals surface area contributed by atoms with Crippen LogP contribution in [-0.2, 0) is 9.59 Å². The number of anilines is 2. The van der Waals surface area contributed by atoms with Crippen LogP contribution < -0.4 is 20.1 Å². The molecule has 0 bridgehead atoms. The summed E-state index contributed by atoms with van der Waals surface area (Å²) < 4.78 is 24.2. The van der Waals surface area contributed by atoms with Gasteiger partial charge in [0.1, 0.15) is 5.75 Å². The largest absolute Gasteiger partial charge is 0.481 e. The van der Waals surface area contributed by atoms with Crippen molar-refractivity contribution in [1.29, 1.82) is 0 Å². The maximum Gasteiger partial charge on any atom is 0.268 e. The summed E-state index contributed by atoms with van der Waals surface area (Å²) in [5.41, 5.74) is -0.0209. The number of ether oxygens (including phenoxy) is 2. The van der Waals surface area contributed by atoms with E-state index < -0.39 is 17.3 Å². The molecule has 0 saturated heterocycles. The van der Waals surface area contributed by atoms with Gasteiger partial charge in [-0.05, 0) is 44.2 Å². The highest BCUT2D eigenvalue weighted by atomic mass is 19.1. The predicted molar refractivity (Wildman–Crippen MR) is 90.3 cm³/mol. The third-order valence-electron chi connectivity index (χ3n) is 3.62. The molecule has 0 fully saturated rings. The molecule has 0 aromatic heterocycles. The number of rotatable bonds is 4. The van der Waals surface area contributed by atoms with E-state index in [1.54, 1.807) is 38.1 Å². The second-order valence-corrected chi connectivity index (χ2v) is 6.04. The molecular formula is C18H17FN2O4. The first-order valence-electron chi connectivity index (χ1n) is 7.67. The Labute approximate surface area is 143 Å². The van der Waals surface area contributed by atoms with Gasteiger partial charge in [-0.3, -0.25) is 9.59 Å². The normalized spacial score (nSPS) is 14.8. The molecule has 0 saturated carbocycles. The number of nitrogens with one attached hydrogen (secondary N) is 2. The summed E-state index contributed by atoms with van der Waals surface area (Å²) >= 11 is 0. The first-order valence-corrected chi connectivity index (χ1v) is 7.67. The minimum Gasteiger partial charge on any atom is -0.481 e. The topological polar surface area (TPSA) is 76.7 Å². The highest BCUT2D eigenvalue weighted by Gasteiger charge is 2.35. The van der Waals surface area contributed by atoms with E-state index in [9.17, 15) is 14.0 Å². The fourth-order valence-corrected chi connectivity index (χ4v) is 2.29. The van der Waals surface area contributed by atoms with Gasteiger partial charge in [-0.2, -0.15) is 0 Å². The number of para-hydroxylation sites is 1. The Morgan fingerprint density at radius 3 is 2.80 bits per heavy atom.